The molecule has 0 radical (unpaired) electrons. The Morgan fingerprint density at radius 1 is 1.29 bits per heavy atom. The smallest absolute Gasteiger partial charge is 0.0661 e. The fourth-order valence-electron chi connectivity index (χ4n) is 3.68. The molecule has 1 saturated carbocycles. The zero-order valence-electron chi connectivity index (χ0n) is 10.9. The van der Waals surface area contributed by atoms with Crippen LogP contribution in [0.4, 0.5) is 0 Å². The molecule has 17 heavy (non-hydrogen) atoms. The van der Waals surface area contributed by atoms with E-state index in [0.29, 0.717) is 5.92 Å². The third kappa shape index (κ3) is 2.82. The van der Waals surface area contributed by atoms with Gasteiger partial charge in [0.2, 0.25) is 0 Å². The molecule has 2 aliphatic rings. The van der Waals surface area contributed by atoms with Gasteiger partial charge in [-0.15, -0.1) is 6.58 Å². The van der Waals surface area contributed by atoms with E-state index in [1.807, 2.05) is 6.08 Å². The first-order valence-corrected chi connectivity index (χ1v) is 7.25. The Morgan fingerprint density at radius 3 is 2.65 bits per heavy atom. The maximum Gasteiger partial charge on any atom is 0.0661 e. The molecule has 0 aromatic carbocycles. The first kappa shape index (κ1) is 12.9. The van der Waals surface area contributed by atoms with Crippen LogP contribution in [-0.4, -0.2) is 11.2 Å². The van der Waals surface area contributed by atoms with Crippen LogP contribution in [0.5, 0.6) is 0 Å². The van der Waals surface area contributed by atoms with Crippen LogP contribution >= 0.6 is 0 Å². The molecule has 2 aliphatic carbocycles. The summed E-state index contributed by atoms with van der Waals surface area (Å²) in [6.07, 6.45) is 17.2. The predicted molar refractivity (Wildman–Crippen MR) is 72.8 cm³/mol. The molecule has 0 aliphatic heterocycles. The van der Waals surface area contributed by atoms with Gasteiger partial charge in [-0.25, -0.2) is 0 Å². The quantitative estimate of drug-likeness (QED) is 0.722. The van der Waals surface area contributed by atoms with Crippen molar-refractivity contribution in [2.75, 3.05) is 0 Å². The van der Waals surface area contributed by atoms with Crippen molar-refractivity contribution in [3.05, 3.63) is 24.8 Å². The van der Waals surface area contributed by atoms with Crippen LogP contribution in [0, 0.1) is 11.3 Å². The van der Waals surface area contributed by atoms with Gasteiger partial charge in [0.25, 0.3) is 0 Å². The molecule has 2 atom stereocenters. The van der Waals surface area contributed by atoms with Crippen LogP contribution in [-0.2, 0) is 0 Å². The van der Waals surface area contributed by atoms with Gasteiger partial charge in [-0.2, -0.15) is 0 Å². The second-order valence-electron chi connectivity index (χ2n) is 5.86. The molecule has 0 aromatic heterocycles. The second-order valence-corrected chi connectivity index (χ2v) is 5.86. The first-order chi connectivity index (χ1) is 8.28. The van der Waals surface area contributed by atoms with Crippen LogP contribution in [0.15, 0.2) is 24.8 Å². The molecule has 96 valence electrons. The highest BCUT2D eigenvalue weighted by atomic mass is 16.3. The van der Waals surface area contributed by atoms with Crippen molar-refractivity contribution in [2.24, 2.45) is 11.3 Å². The van der Waals surface area contributed by atoms with Crippen molar-refractivity contribution in [1.82, 2.24) is 0 Å². The van der Waals surface area contributed by atoms with Gasteiger partial charge in [-0.3, -0.25) is 0 Å². The summed E-state index contributed by atoms with van der Waals surface area (Å²) in [5.41, 5.74) is 0.00199. The Labute approximate surface area is 106 Å². The van der Waals surface area contributed by atoms with Gasteiger partial charge < -0.3 is 5.11 Å². The Hall–Kier alpha value is -0.560. The minimum Gasteiger partial charge on any atom is -0.392 e. The Bertz CT molecular complexity index is 275. The number of aliphatic hydroxyl groups excluding tert-OH is 1. The van der Waals surface area contributed by atoms with Crippen molar-refractivity contribution in [2.45, 2.75) is 63.9 Å². The van der Waals surface area contributed by atoms with E-state index in [9.17, 15) is 5.11 Å². The Balaban J connectivity index is 2.10. The molecule has 1 nitrogen and oxygen atoms in total. The van der Waals surface area contributed by atoms with Gasteiger partial charge in [0, 0.05) is 5.41 Å². The molecule has 0 saturated heterocycles. The lowest BCUT2D eigenvalue weighted by molar-refractivity contribution is -0.0113. The summed E-state index contributed by atoms with van der Waals surface area (Å²) in [6, 6.07) is 0. The fraction of sp³-hybridized carbons (Fsp3) is 0.750. The number of hydrogen-bond acceptors (Lipinski definition) is 1. The molecule has 1 heteroatoms. The number of hydrogen-bond donors (Lipinski definition) is 1. The molecule has 2 rings (SSSR count). The summed E-state index contributed by atoms with van der Waals surface area (Å²) < 4.78 is 0. The summed E-state index contributed by atoms with van der Waals surface area (Å²) >= 11 is 0. The van der Waals surface area contributed by atoms with Gasteiger partial charge in [0.1, 0.15) is 0 Å². The Morgan fingerprint density at radius 2 is 2.06 bits per heavy atom. The van der Waals surface area contributed by atoms with Crippen LogP contribution in [0.25, 0.3) is 0 Å². The zero-order valence-corrected chi connectivity index (χ0v) is 10.9. The zero-order chi connectivity index (χ0) is 12.1. The number of aliphatic hydroxyl groups is 1. The average Bonchev–Trinajstić information content (AvgIpc) is 2.40. The number of rotatable bonds is 4. The van der Waals surface area contributed by atoms with Crippen molar-refractivity contribution < 1.29 is 5.11 Å². The molecule has 0 spiro atoms. The maximum absolute atomic E-state index is 10.8. The van der Waals surface area contributed by atoms with Crippen LogP contribution < -0.4 is 0 Å². The van der Waals surface area contributed by atoms with E-state index < -0.39 is 0 Å². The topological polar surface area (TPSA) is 20.2 Å². The summed E-state index contributed by atoms with van der Waals surface area (Å²) in [5, 5.41) is 10.8. The van der Waals surface area contributed by atoms with E-state index in [0.717, 1.165) is 12.8 Å². The normalized spacial score (nSPS) is 32.3. The van der Waals surface area contributed by atoms with Gasteiger partial charge in [-0.05, 0) is 44.4 Å². The highest BCUT2D eigenvalue weighted by Gasteiger charge is 2.39. The van der Waals surface area contributed by atoms with Gasteiger partial charge in [0.15, 0.2) is 0 Å². The molecule has 1 N–H and O–H groups in total. The van der Waals surface area contributed by atoms with E-state index in [1.54, 1.807) is 0 Å². The van der Waals surface area contributed by atoms with E-state index in [4.69, 9.17) is 0 Å². The standard InChI is InChI=1S/C16H26O/c1-2-11-16(12-7-4-8-13-16)15(17)14-9-5-3-6-10-14/h2,7,12,14-15,17H,1,3-6,8-11,13H2/t15-,16+/m1/s1. The Kier molecular flexibility index (Phi) is 4.44. The maximum atomic E-state index is 10.8. The summed E-state index contributed by atoms with van der Waals surface area (Å²) in [6.45, 7) is 3.88. The van der Waals surface area contributed by atoms with Gasteiger partial charge in [0.05, 0.1) is 6.10 Å². The average molecular weight is 234 g/mol. The van der Waals surface area contributed by atoms with Gasteiger partial charge >= 0.3 is 0 Å². The molecule has 0 amide bonds. The van der Waals surface area contributed by atoms with E-state index in [1.165, 1.54) is 44.9 Å². The molecule has 0 unspecified atom stereocenters. The van der Waals surface area contributed by atoms with E-state index >= 15 is 0 Å². The van der Waals surface area contributed by atoms with E-state index in [-0.39, 0.29) is 11.5 Å². The van der Waals surface area contributed by atoms with Gasteiger partial charge in [-0.1, -0.05) is 37.5 Å². The molecular weight excluding hydrogens is 208 g/mol. The molecule has 0 heterocycles. The third-order valence-corrected chi connectivity index (χ3v) is 4.67. The summed E-state index contributed by atoms with van der Waals surface area (Å²) in [5.74, 6) is 0.520. The van der Waals surface area contributed by atoms with Crippen LogP contribution in [0.1, 0.15) is 57.8 Å². The highest BCUT2D eigenvalue weighted by Crippen LogP contribution is 2.44. The van der Waals surface area contributed by atoms with E-state index in [2.05, 4.69) is 18.7 Å². The van der Waals surface area contributed by atoms with Crippen molar-refractivity contribution in [1.29, 1.82) is 0 Å². The fourth-order valence-corrected chi connectivity index (χ4v) is 3.68. The molecular formula is C16H26O. The van der Waals surface area contributed by atoms with Crippen molar-refractivity contribution >= 4 is 0 Å². The van der Waals surface area contributed by atoms with Crippen LogP contribution in [0.2, 0.25) is 0 Å². The minimum atomic E-state index is -0.155. The number of allylic oxidation sites excluding steroid dienone is 2. The van der Waals surface area contributed by atoms with Crippen LogP contribution in [0.3, 0.4) is 0 Å². The third-order valence-electron chi connectivity index (χ3n) is 4.67. The molecule has 0 bridgehead atoms. The first-order valence-electron chi connectivity index (χ1n) is 7.25. The van der Waals surface area contributed by atoms with Crippen molar-refractivity contribution in [3.63, 3.8) is 0 Å². The molecule has 1 fully saturated rings. The lowest BCUT2D eigenvalue weighted by Gasteiger charge is -2.42. The second kappa shape index (κ2) is 5.86. The lowest BCUT2D eigenvalue weighted by Crippen LogP contribution is -2.40. The highest BCUT2D eigenvalue weighted by molar-refractivity contribution is 5.10. The largest absolute Gasteiger partial charge is 0.392 e. The molecule has 0 aromatic rings. The lowest BCUT2D eigenvalue weighted by atomic mass is 9.66. The monoisotopic (exact) mass is 234 g/mol. The van der Waals surface area contributed by atoms with Crippen molar-refractivity contribution in [3.8, 4) is 0 Å². The SMILES string of the molecule is C=CC[C@]1([C@H](O)C2CCCCC2)C=CCCC1. The summed E-state index contributed by atoms with van der Waals surface area (Å²) in [7, 11) is 0. The minimum absolute atomic E-state index is 0.00199. The predicted octanol–water partition coefficient (Wildman–Crippen LogP) is 4.23. The summed E-state index contributed by atoms with van der Waals surface area (Å²) in [4.78, 5) is 0.